The van der Waals surface area contributed by atoms with E-state index in [0.29, 0.717) is 42.9 Å². The number of fused-ring (bicyclic) bond motifs is 1. The minimum absolute atomic E-state index is 0.0747. The molecule has 2 unspecified atom stereocenters. The number of aliphatic imine (C=N–C) groups is 1. The number of aromatic amines is 1. The molecule has 2 aliphatic rings. The number of aliphatic carboxylic acids is 1. The summed E-state index contributed by atoms with van der Waals surface area (Å²) in [7, 11) is 0. The molecule has 1 saturated carbocycles. The lowest BCUT2D eigenvalue weighted by Crippen LogP contribution is -2.23. The Bertz CT molecular complexity index is 1300. The number of carboxylic acids is 1. The Labute approximate surface area is 209 Å². The number of hydrogen-bond donors (Lipinski definition) is 2. The van der Waals surface area contributed by atoms with Gasteiger partial charge in [0.25, 0.3) is 0 Å². The van der Waals surface area contributed by atoms with Crippen molar-refractivity contribution in [2.45, 2.75) is 38.7 Å². The van der Waals surface area contributed by atoms with Crippen molar-refractivity contribution in [2.75, 3.05) is 6.54 Å². The molecule has 2 atom stereocenters. The second-order valence-corrected chi connectivity index (χ2v) is 9.38. The fourth-order valence-corrected chi connectivity index (χ4v) is 5.08. The third-order valence-corrected chi connectivity index (χ3v) is 6.97. The van der Waals surface area contributed by atoms with E-state index in [1.165, 1.54) is 6.21 Å². The van der Waals surface area contributed by atoms with E-state index >= 15 is 0 Å². The predicted molar refractivity (Wildman–Crippen MR) is 135 cm³/mol. The molecule has 0 radical (unpaired) electrons. The van der Waals surface area contributed by atoms with Crippen molar-refractivity contribution < 1.29 is 19.4 Å². The van der Waals surface area contributed by atoms with Gasteiger partial charge in [0, 0.05) is 30.9 Å². The monoisotopic (exact) mass is 484 g/mol. The molecular weight excluding hydrogens is 456 g/mol. The molecule has 0 bridgehead atoms. The minimum atomic E-state index is -0.925. The third kappa shape index (κ3) is 5.43. The van der Waals surface area contributed by atoms with Crippen molar-refractivity contribution in [2.24, 2.45) is 16.8 Å². The summed E-state index contributed by atoms with van der Waals surface area (Å²) < 4.78 is 5.88. The lowest BCUT2D eigenvalue weighted by atomic mass is 9.73. The first-order valence-corrected chi connectivity index (χ1v) is 12.2. The van der Waals surface area contributed by atoms with Gasteiger partial charge in [0.05, 0.1) is 23.2 Å². The van der Waals surface area contributed by atoms with Gasteiger partial charge in [-0.2, -0.15) is 5.10 Å². The van der Waals surface area contributed by atoms with Crippen LogP contribution in [0, 0.1) is 11.8 Å². The maximum absolute atomic E-state index is 13.1. The molecule has 5 rings (SSSR count). The number of nitrogens with one attached hydrogen (secondary N) is 1. The smallest absolute Gasteiger partial charge is 0.337 e. The van der Waals surface area contributed by atoms with E-state index in [-0.39, 0.29) is 17.6 Å². The average molecular weight is 485 g/mol. The normalized spacial score (nSPS) is 19.4. The molecular formula is C28H28N4O4. The van der Waals surface area contributed by atoms with Gasteiger partial charge in [-0.25, -0.2) is 4.79 Å². The molecule has 1 aliphatic heterocycles. The fraction of sp³-hybridized carbons (Fsp3) is 0.321. The number of H-pyrrole nitrogens is 1. The lowest BCUT2D eigenvalue weighted by Gasteiger charge is -2.31. The van der Waals surface area contributed by atoms with Crippen LogP contribution in [0.5, 0.6) is 5.75 Å². The molecule has 8 nitrogen and oxygen atoms in total. The summed E-state index contributed by atoms with van der Waals surface area (Å²) in [6.45, 7) is 0.985. The van der Waals surface area contributed by atoms with Gasteiger partial charge in [-0.15, -0.1) is 0 Å². The summed E-state index contributed by atoms with van der Waals surface area (Å²) in [5.41, 5.74) is 4.45. The molecule has 8 heteroatoms. The van der Waals surface area contributed by atoms with Crippen molar-refractivity contribution in [3.63, 3.8) is 0 Å². The van der Waals surface area contributed by atoms with Gasteiger partial charge in [-0.1, -0.05) is 23.8 Å². The van der Waals surface area contributed by atoms with Crippen LogP contribution in [-0.4, -0.2) is 44.8 Å². The number of Topliss-reactive ketones (excluding diaryl/α,β-unsaturated/α-hetero) is 1. The molecule has 0 spiro atoms. The summed E-state index contributed by atoms with van der Waals surface area (Å²) in [5, 5.41) is 16.4. The number of nitrogens with zero attached hydrogens (tertiary/aromatic N) is 3. The Morgan fingerprint density at radius 3 is 2.81 bits per heavy atom. The second kappa shape index (κ2) is 10.7. The number of rotatable bonds is 8. The highest BCUT2D eigenvalue weighted by Crippen LogP contribution is 2.39. The van der Waals surface area contributed by atoms with Gasteiger partial charge in [0.15, 0.2) is 5.78 Å². The van der Waals surface area contributed by atoms with Crippen molar-refractivity contribution in [1.29, 1.82) is 0 Å². The fourth-order valence-electron chi connectivity index (χ4n) is 5.08. The molecule has 0 amide bonds. The van der Waals surface area contributed by atoms with Crippen LogP contribution in [0.1, 0.15) is 48.0 Å². The Morgan fingerprint density at radius 1 is 1.11 bits per heavy atom. The highest BCUT2D eigenvalue weighted by Gasteiger charge is 2.31. The van der Waals surface area contributed by atoms with Crippen LogP contribution in [0.3, 0.4) is 0 Å². The zero-order chi connectivity index (χ0) is 24.9. The number of benzene rings is 1. The number of carbonyl (C=O) groups is 2. The summed E-state index contributed by atoms with van der Waals surface area (Å²) >= 11 is 0. The minimum Gasteiger partial charge on any atom is -0.487 e. The van der Waals surface area contributed by atoms with Crippen molar-refractivity contribution in [1.82, 2.24) is 15.2 Å². The Hall–Kier alpha value is -4.07. The lowest BCUT2D eigenvalue weighted by molar-refractivity contribution is -0.132. The first-order valence-electron chi connectivity index (χ1n) is 12.2. The highest BCUT2D eigenvalue weighted by molar-refractivity contribution is 6.09. The molecule has 2 aromatic heterocycles. The maximum Gasteiger partial charge on any atom is 0.337 e. The number of hydrogen-bond acceptors (Lipinski definition) is 6. The van der Waals surface area contributed by atoms with Crippen LogP contribution in [-0.2, 0) is 11.4 Å². The summed E-state index contributed by atoms with van der Waals surface area (Å²) in [6.07, 6.45) is 8.62. The standard InChI is InChI=1S/C28H28N4O4/c33-27(14-18-4-5-20-8-10-29-16-24(28(34)35)23(20)13-18)21-3-1-2-19(12-21)17-36-22-6-7-25(30-15-22)26-9-11-31-32-26/h1-3,6-7,9,11-12,15-16,18,20H,4-5,8,10,13-14,17H2,(H,31,32)(H,34,35). The van der Waals surface area contributed by atoms with Crippen LogP contribution in [0.15, 0.2) is 71.0 Å². The van der Waals surface area contributed by atoms with Gasteiger partial charge in [0.2, 0.25) is 0 Å². The van der Waals surface area contributed by atoms with Crippen molar-refractivity contribution >= 4 is 18.0 Å². The van der Waals surface area contributed by atoms with Gasteiger partial charge in [-0.3, -0.25) is 19.9 Å². The van der Waals surface area contributed by atoms with Crippen LogP contribution in [0.25, 0.3) is 11.4 Å². The Balaban J connectivity index is 1.20. The van der Waals surface area contributed by atoms with Crippen molar-refractivity contribution in [3.05, 3.63) is 77.1 Å². The molecule has 0 saturated heterocycles. The summed E-state index contributed by atoms with van der Waals surface area (Å²) in [4.78, 5) is 33.5. The zero-order valence-corrected chi connectivity index (χ0v) is 19.9. The number of pyridine rings is 1. The summed E-state index contributed by atoms with van der Waals surface area (Å²) in [6, 6.07) is 13.1. The van der Waals surface area contributed by atoms with Crippen LogP contribution in [0.4, 0.5) is 0 Å². The average Bonchev–Trinajstić information content (AvgIpc) is 3.35. The highest BCUT2D eigenvalue weighted by atomic mass is 16.5. The first-order chi connectivity index (χ1) is 17.6. The van der Waals surface area contributed by atoms with Crippen LogP contribution < -0.4 is 4.74 Å². The SMILES string of the molecule is O=C(O)C1=C2CC(CC(=O)c3cccc(COc4ccc(-c5ccn[nH]5)nc4)c3)CCC2CCN=C1. The third-order valence-electron chi connectivity index (χ3n) is 6.97. The molecule has 3 heterocycles. The number of carbonyl (C=O) groups excluding carboxylic acids is 1. The topological polar surface area (TPSA) is 118 Å². The number of carboxylic acid groups (broad SMARTS) is 1. The number of ether oxygens (including phenoxy) is 1. The van der Waals surface area contributed by atoms with E-state index in [2.05, 4.69) is 20.2 Å². The number of ketones is 1. The Morgan fingerprint density at radius 2 is 2.03 bits per heavy atom. The second-order valence-electron chi connectivity index (χ2n) is 9.38. The molecule has 36 heavy (non-hydrogen) atoms. The molecule has 1 fully saturated rings. The quantitative estimate of drug-likeness (QED) is 0.439. The Kier molecular flexibility index (Phi) is 7.02. The van der Waals surface area contributed by atoms with E-state index < -0.39 is 5.97 Å². The largest absolute Gasteiger partial charge is 0.487 e. The van der Waals surface area contributed by atoms with Gasteiger partial charge in [0.1, 0.15) is 12.4 Å². The van der Waals surface area contributed by atoms with E-state index in [1.807, 2.05) is 42.5 Å². The first kappa shape index (κ1) is 23.7. The molecule has 1 aliphatic carbocycles. The predicted octanol–water partition coefficient (Wildman–Crippen LogP) is 4.90. The van der Waals surface area contributed by atoms with E-state index in [0.717, 1.165) is 41.8 Å². The number of aromatic nitrogens is 3. The van der Waals surface area contributed by atoms with E-state index in [4.69, 9.17) is 4.74 Å². The van der Waals surface area contributed by atoms with Gasteiger partial charge < -0.3 is 9.84 Å². The molecule has 184 valence electrons. The van der Waals surface area contributed by atoms with E-state index in [1.54, 1.807) is 12.4 Å². The van der Waals surface area contributed by atoms with Gasteiger partial charge in [-0.05, 0) is 67.3 Å². The van der Waals surface area contributed by atoms with Crippen molar-refractivity contribution in [3.8, 4) is 17.1 Å². The maximum atomic E-state index is 13.1. The summed E-state index contributed by atoms with van der Waals surface area (Å²) in [5.74, 6) is 0.191. The van der Waals surface area contributed by atoms with Gasteiger partial charge >= 0.3 is 5.97 Å². The molecule has 3 aromatic rings. The van der Waals surface area contributed by atoms with E-state index in [9.17, 15) is 14.7 Å². The zero-order valence-electron chi connectivity index (χ0n) is 19.9. The molecule has 2 N–H and O–H groups in total. The molecule has 1 aromatic carbocycles. The van der Waals surface area contributed by atoms with Crippen LogP contribution >= 0.6 is 0 Å². The van der Waals surface area contributed by atoms with Crippen LogP contribution in [0.2, 0.25) is 0 Å². The number of allylic oxidation sites excluding steroid dienone is 1.